The highest BCUT2D eigenvalue weighted by Crippen LogP contribution is 2.18. The van der Waals surface area contributed by atoms with Crippen molar-refractivity contribution in [2.75, 3.05) is 23.3 Å². The summed E-state index contributed by atoms with van der Waals surface area (Å²) in [6, 6.07) is 4.94. The van der Waals surface area contributed by atoms with Crippen LogP contribution in [0.2, 0.25) is 0 Å². The van der Waals surface area contributed by atoms with Gasteiger partial charge in [0, 0.05) is 12.1 Å². The third-order valence-electron chi connectivity index (χ3n) is 2.57. The van der Waals surface area contributed by atoms with Crippen molar-refractivity contribution in [3.63, 3.8) is 0 Å². The lowest BCUT2D eigenvalue weighted by Crippen LogP contribution is -2.17. The second-order valence-electron chi connectivity index (χ2n) is 4.17. The van der Waals surface area contributed by atoms with Crippen LogP contribution in [0, 0.1) is 6.92 Å². The van der Waals surface area contributed by atoms with Crippen molar-refractivity contribution in [2.45, 2.75) is 19.8 Å². The van der Waals surface area contributed by atoms with Crippen LogP contribution in [0.4, 0.5) is 11.4 Å². The molecule has 0 aliphatic heterocycles. The van der Waals surface area contributed by atoms with Crippen LogP contribution in [0.5, 0.6) is 0 Å². The van der Waals surface area contributed by atoms with E-state index in [1.54, 1.807) is 18.2 Å². The number of sulfonamides is 1. The number of anilines is 2. The van der Waals surface area contributed by atoms with Crippen molar-refractivity contribution in [3.8, 4) is 0 Å². The van der Waals surface area contributed by atoms with Gasteiger partial charge < -0.3 is 10.5 Å². The number of carbonyl (C=O) groups excluding carboxylic acids is 1. The zero-order valence-electron chi connectivity index (χ0n) is 11.0. The average molecular weight is 286 g/mol. The monoisotopic (exact) mass is 286 g/mol. The van der Waals surface area contributed by atoms with Crippen LogP contribution in [0.1, 0.15) is 18.4 Å². The molecule has 0 aliphatic rings. The van der Waals surface area contributed by atoms with E-state index >= 15 is 0 Å². The number of rotatable bonds is 6. The van der Waals surface area contributed by atoms with Crippen molar-refractivity contribution in [2.24, 2.45) is 0 Å². The van der Waals surface area contributed by atoms with Gasteiger partial charge in [-0.15, -0.1) is 0 Å². The summed E-state index contributed by atoms with van der Waals surface area (Å²) < 4.78 is 30.4. The van der Waals surface area contributed by atoms with Crippen molar-refractivity contribution < 1.29 is 17.9 Å². The Morgan fingerprint density at radius 3 is 2.68 bits per heavy atom. The Morgan fingerprint density at radius 2 is 2.11 bits per heavy atom. The predicted octanol–water partition coefficient (Wildman–Crippen LogP) is 1.27. The first-order valence-electron chi connectivity index (χ1n) is 5.77. The Balaban J connectivity index is 2.59. The number of aryl methyl sites for hydroxylation is 1. The van der Waals surface area contributed by atoms with Crippen LogP contribution in [-0.4, -0.2) is 27.2 Å². The molecule has 0 unspecified atom stereocenters. The number of esters is 1. The van der Waals surface area contributed by atoms with E-state index in [2.05, 4.69) is 9.46 Å². The maximum atomic E-state index is 11.8. The topological polar surface area (TPSA) is 98.5 Å². The maximum Gasteiger partial charge on any atom is 0.305 e. The minimum absolute atomic E-state index is 0.0768. The molecule has 1 rings (SSSR count). The number of methoxy groups -OCH3 is 1. The van der Waals surface area contributed by atoms with E-state index in [-0.39, 0.29) is 18.6 Å². The van der Waals surface area contributed by atoms with Gasteiger partial charge in [-0.3, -0.25) is 9.52 Å². The van der Waals surface area contributed by atoms with Gasteiger partial charge in [-0.2, -0.15) is 0 Å². The summed E-state index contributed by atoms with van der Waals surface area (Å²) in [6.45, 7) is 1.84. The molecule has 1 aromatic carbocycles. The lowest BCUT2D eigenvalue weighted by molar-refractivity contribution is -0.140. The molecule has 0 aliphatic carbocycles. The molecule has 1 aromatic rings. The van der Waals surface area contributed by atoms with Crippen molar-refractivity contribution in [1.29, 1.82) is 0 Å². The van der Waals surface area contributed by atoms with Gasteiger partial charge in [-0.25, -0.2) is 8.42 Å². The third-order valence-corrected chi connectivity index (χ3v) is 3.95. The number of benzene rings is 1. The third kappa shape index (κ3) is 5.17. The normalized spacial score (nSPS) is 11.1. The maximum absolute atomic E-state index is 11.8. The van der Waals surface area contributed by atoms with Crippen LogP contribution in [-0.2, 0) is 19.6 Å². The highest BCUT2D eigenvalue weighted by molar-refractivity contribution is 7.92. The molecule has 3 N–H and O–H groups in total. The molecule has 0 heterocycles. The van der Waals surface area contributed by atoms with Crippen molar-refractivity contribution >= 4 is 27.4 Å². The molecule has 0 amide bonds. The van der Waals surface area contributed by atoms with Gasteiger partial charge in [0.15, 0.2) is 0 Å². The summed E-state index contributed by atoms with van der Waals surface area (Å²) in [5.41, 5.74) is 7.53. The standard InChI is InChI=1S/C12H18N2O4S/c1-9-5-6-10(8-11(9)13)14-19(16,17)7-3-4-12(15)18-2/h5-6,8,14H,3-4,7,13H2,1-2H3. The zero-order valence-corrected chi connectivity index (χ0v) is 11.8. The minimum atomic E-state index is -3.48. The van der Waals surface area contributed by atoms with Gasteiger partial charge in [-0.05, 0) is 31.0 Å². The number of hydrogen-bond donors (Lipinski definition) is 2. The van der Waals surface area contributed by atoms with E-state index in [0.717, 1.165) is 5.56 Å². The van der Waals surface area contributed by atoms with E-state index < -0.39 is 16.0 Å². The van der Waals surface area contributed by atoms with Crippen LogP contribution in [0.25, 0.3) is 0 Å². The molecule has 7 heteroatoms. The minimum Gasteiger partial charge on any atom is -0.469 e. The highest BCUT2D eigenvalue weighted by atomic mass is 32.2. The molecule has 0 atom stereocenters. The summed E-state index contributed by atoms with van der Waals surface area (Å²) in [7, 11) is -2.21. The van der Waals surface area contributed by atoms with Gasteiger partial charge in [0.25, 0.3) is 0 Å². The van der Waals surface area contributed by atoms with Gasteiger partial charge >= 0.3 is 5.97 Å². The highest BCUT2D eigenvalue weighted by Gasteiger charge is 2.12. The van der Waals surface area contributed by atoms with Crippen LogP contribution < -0.4 is 10.5 Å². The molecule has 0 saturated heterocycles. The largest absolute Gasteiger partial charge is 0.469 e. The summed E-state index contributed by atoms with van der Waals surface area (Å²) in [6.07, 6.45) is 0.288. The molecule has 0 aromatic heterocycles. The first-order valence-corrected chi connectivity index (χ1v) is 7.43. The van der Waals surface area contributed by atoms with E-state index in [1.165, 1.54) is 7.11 Å². The van der Waals surface area contributed by atoms with Gasteiger partial charge in [0.2, 0.25) is 10.0 Å². The molecule has 0 spiro atoms. The lowest BCUT2D eigenvalue weighted by atomic mass is 10.2. The second kappa shape index (κ2) is 6.42. The molecule has 19 heavy (non-hydrogen) atoms. The molecule has 0 fully saturated rings. The number of ether oxygens (including phenoxy) is 1. The summed E-state index contributed by atoms with van der Waals surface area (Å²) in [4.78, 5) is 10.9. The number of carbonyl (C=O) groups is 1. The SMILES string of the molecule is COC(=O)CCCS(=O)(=O)Nc1ccc(C)c(N)c1. The van der Waals surface area contributed by atoms with Crippen LogP contribution >= 0.6 is 0 Å². The fourth-order valence-electron chi connectivity index (χ4n) is 1.44. The number of nitrogen functional groups attached to an aromatic ring is 1. The molecular formula is C12H18N2O4S. The van der Waals surface area contributed by atoms with Gasteiger partial charge in [0.05, 0.1) is 18.6 Å². The van der Waals surface area contributed by atoms with Gasteiger partial charge in [-0.1, -0.05) is 6.07 Å². The van der Waals surface area contributed by atoms with E-state index in [4.69, 9.17) is 5.73 Å². The summed E-state index contributed by atoms with van der Waals surface area (Å²) in [5, 5.41) is 0. The zero-order chi connectivity index (χ0) is 14.5. The second-order valence-corrected chi connectivity index (χ2v) is 6.01. The van der Waals surface area contributed by atoms with Crippen LogP contribution in [0.15, 0.2) is 18.2 Å². The lowest BCUT2D eigenvalue weighted by Gasteiger charge is -2.09. The van der Waals surface area contributed by atoms with E-state index in [9.17, 15) is 13.2 Å². The molecular weight excluding hydrogens is 268 g/mol. The Kier molecular flexibility index (Phi) is 5.17. The molecule has 0 radical (unpaired) electrons. The van der Waals surface area contributed by atoms with E-state index in [1.807, 2.05) is 6.92 Å². The Hall–Kier alpha value is -1.76. The summed E-state index contributed by atoms with van der Waals surface area (Å²) in [5.74, 6) is -0.564. The molecule has 0 bridgehead atoms. The average Bonchev–Trinajstić information content (AvgIpc) is 2.33. The molecule has 106 valence electrons. The number of nitrogens with one attached hydrogen (secondary N) is 1. The fraction of sp³-hybridized carbons (Fsp3) is 0.417. The molecule has 6 nitrogen and oxygen atoms in total. The smallest absolute Gasteiger partial charge is 0.305 e. The Morgan fingerprint density at radius 1 is 1.42 bits per heavy atom. The van der Waals surface area contributed by atoms with Crippen LogP contribution in [0.3, 0.4) is 0 Å². The molecule has 0 saturated carbocycles. The van der Waals surface area contributed by atoms with E-state index in [0.29, 0.717) is 11.4 Å². The first kappa shape index (κ1) is 15.3. The number of nitrogens with two attached hydrogens (primary N) is 1. The number of hydrogen-bond acceptors (Lipinski definition) is 5. The Bertz CT molecular complexity index is 555. The summed E-state index contributed by atoms with van der Waals surface area (Å²) >= 11 is 0. The van der Waals surface area contributed by atoms with Gasteiger partial charge in [0.1, 0.15) is 0 Å². The first-order chi connectivity index (χ1) is 8.84. The Labute approximate surface area is 113 Å². The van der Waals surface area contributed by atoms with Crippen molar-refractivity contribution in [1.82, 2.24) is 0 Å². The quantitative estimate of drug-likeness (QED) is 0.606. The van der Waals surface area contributed by atoms with Crippen molar-refractivity contribution in [3.05, 3.63) is 23.8 Å². The fourth-order valence-corrected chi connectivity index (χ4v) is 2.56. The predicted molar refractivity (Wildman–Crippen MR) is 74.3 cm³/mol.